The average Bonchev–Trinajstić information content (AvgIpc) is 3.20. The maximum Gasteiger partial charge on any atom is 0.416 e. The van der Waals surface area contributed by atoms with Crippen molar-refractivity contribution in [2.75, 3.05) is 4.90 Å². The normalized spacial score (nSPS) is 11.8. The monoisotopic (exact) mass is 462 g/mol. The van der Waals surface area contributed by atoms with E-state index in [2.05, 4.69) is 4.98 Å². The van der Waals surface area contributed by atoms with E-state index in [0.717, 1.165) is 33.9 Å². The molecule has 3 aromatic rings. The number of aromatic nitrogens is 1. The molecule has 0 saturated heterocycles. The van der Waals surface area contributed by atoms with Gasteiger partial charge in [0, 0.05) is 12.3 Å². The number of anilines is 2. The van der Waals surface area contributed by atoms with E-state index < -0.39 is 29.0 Å². The Bertz CT molecular complexity index is 1110. The lowest BCUT2D eigenvalue weighted by atomic mass is 9.85. The molecule has 1 heterocycles. The lowest BCUT2D eigenvalue weighted by Crippen LogP contribution is -2.31. The number of carbonyl (C=O) groups excluding carboxylic acids is 2. The van der Waals surface area contributed by atoms with Crippen LogP contribution in [0, 0.1) is 0 Å². The summed E-state index contributed by atoms with van der Waals surface area (Å²) >= 11 is 1.07. The number of ether oxygens (including phenoxy) is 1. The van der Waals surface area contributed by atoms with Crippen LogP contribution in [0.1, 0.15) is 37.6 Å². The Morgan fingerprint density at radius 2 is 1.69 bits per heavy atom. The fourth-order valence-corrected chi connectivity index (χ4v) is 3.88. The number of benzene rings is 2. The quantitative estimate of drug-likeness (QED) is 0.430. The van der Waals surface area contributed by atoms with E-state index in [4.69, 9.17) is 4.74 Å². The molecule has 1 amide bonds. The predicted octanol–water partition coefficient (Wildman–Crippen LogP) is 5.87. The Hall–Kier alpha value is -3.20. The van der Waals surface area contributed by atoms with Crippen LogP contribution in [-0.2, 0) is 32.5 Å². The molecule has 0 fully saturated rings. The van der Waals surface area contributed by atoms with Crippen molar-refractivity contribution in [1.82, 2.24) is 4.98 Å². The number of hydrogen-bond acceptors (Lipinski definition) is 5. The molecule has 0 N–H and O–H groups in total. The van der Waals surface area contributed by atoms with E-state index in [1.165, 1.54) is 19.1 Å². The topological polar surface area (TPSA) is 59.5 Å². The van der Waals surface area contributed by atoms with E-state index in [1.807, 2.05) is 30.3 Å². The number of carbonyl (C=O) groups is 2. The van der Waals surface area contributed by atoms with E-state index in [-0.39, 0.29) is 17.4 Å². The number of rotatable bonds is 6. The van der Waals surface area contributed by atoms with Crippen LogP contribution in [0.15, 0.2) is 60.0 Å². The molecule has 1 aromatic heterocycles. The molecular formula is C23H21F3N2O3S. The Kier molecular flexibility index (Phi) is 6.68. The second kappa shape index (κ2) is 9.12. The van der Waals surface area contributed by atoms with Gasteiger partial charge in [0.05, 0.1) is 22.4 Å². The second-order valence-corrected chi connectivity index (χ2v) is 8.43. The Morgan fingerprint density at radius 3 is 2.31 bits per heavy atom. The van der Waals surface area contributed by atoms with Gasteiger partial charge in [0.15, 0.2) is 5.13 Å². The third-order valence-corrected chi connectivity index (χ3v) is 5.71. The molecule has 0 radical (unpaired) electrons. The van der Waals surface area contributed by atoms with Crippen LogP contribution in [0.4, 0.5) is 24.0 Å². The summed E-state index contributed by atoms with van der Waals surface area (Å²) < 4.78 is 44.6. The van der Waals surface area contributed by atoms with Crippen LogP contribution < -0.4 is 4.90 Å². The van der Waals surface area contributed by atoms with Crippen molar-refractivity contribution < 1.29 is 27.5 Å². The molecule has 168 valence electrons. The van der Waals surface area contributed by atoms with Crippen molar-refractivity contribution in [3.63, 3.8) is 0 Å². The summed E-state index contributed by atoms with van der Waals surface area (Å²) in [5.74, 6) is -0.938. The van der Waals surface area contributed by atoms with Crippen molar-refractivity contribution in [2.24, 2.45) is 0 Å². The van der Waals surface area contributed by atoms with Crippen molar-refractivity contribution in [1.29, 1.82) is 0 Å². The number of amides is 1. The molecule has 0 bridgehead atoms. The summed E-state index contributed by atoms with van der Waals surface area (Å²) in [6.45, 7) is 4.62. The average molecular weight is 462 g/mol. The molecule has 0 unspecified atom stereocenters. The Balaban J connectivity index is 1.76. The van der Waals surface area contributed by atoms with Crippen LogP contribution in [0.3, 0.4) is 0 Å². The zero-order valence-electron chi connectivity index (χ0n) is 17.6. The van der Waals surface area contributed by atoms with E-state index in [1.54, 1.807) is 19.2 Å². The molecule has 5 nitrogen and oxygen atoms in total. The largest absolute Gasteiger partial charge is 0.458 e. The lowest BCUT2D eigenvalue weighted by molar-refractivity contribution is -0.150. The maximum atomic E-state index is 13.1. The van der Waals surface area contributed by atoms with Crippen molar-refractivity contribution in [3.8, 4) is 0 Å². The first kappa shape index (κ1) is 23.5. The highest BCUT2D eigenvalue weighted by Gasteiger charge is 2.33. The highest BCUT2D eigenvalue weighted by molar-refractivity contribution is 7.14. The lowest BCUT2D eigenvalue weighted by Gasteiger charge is -2.22. The molecule has 0 aliphatic rings. The highest BCUT2D eigenvalue weighted by atomic mass is 32.1. The van der Waals surface area contributed by atoms with Gasteiger partial charge in [-0.15, -0.1) is 11.3 Å². The minimum atomic E-state index is -4.54. The van der Waals surface area contributed by atoms with Crippen LogP contribution in [0.2, 0.25) is 0 Å². The van der Waals surface area contributed by atoms with Gasteiger partial charge in [0.25, 0.3) is 0 Å². The zero-order chi connectivity index (χ0) is 23.5. The van der Waals surface area contributed by atoms with Gasteiger partial charge < -0.3 is 4.74 Å². The van der Waals surface area contributed by atoms with E-state index in [9.17, 15) is 22.8 Å². The molecule has 0 aliphatic carbocycles. The molecular weight excluding hydrogens is 441 g/mol. The van der Waals surface area contributed by atoms with Crippen LogP contribution in [0.25, 0.3) is 0 Å². The number of nitrogens with zero attached hydrogens (tertiary/aromatic N) is 2. The minimum Gasteiger partial charge on any atom is -0.458 e. The Labute approximate surface area is 187 Å². The van der Waals surface area contributed by atoms with Gasteiger partial charge in [-0.25, -0.2) is 4.98 Å². The molecule has 32 heavy (non-hydrogen) atoms. The summed E-state index contributed by atoms with van der Waals surface area (Å²) in [5.41, 5.74) is -0.494. The second-order valence-electron chi connectivity index (χ2n) is 7.59. The zero-order valence-corrected chi connectivity index (χ0v) is 18.5. The smallest absolute Gasteiger partial charge is 0.416 e. The molecule has 9 heteroatoms. The Morgan fingerprint density at radius 1 is 1.03 bits per heavy atom. The molecule has 0 spiro atoms. The van der Waals surface area contributed by atoms with Gasteiger partial charge in [-0.3, -0.25) is 14.5 Å². The summed E-state index contributed by atoms with van der Waals surface area (Å²) in [6.07, 6.45) is -4.54. The molecule has 0 saturated carbocycles. The molecule has 0 aliphatic heterocycles. The summed E-state index contributed by atoms with van der Waals surface area (Å²) in [4.78, 5) is 30.2. The fraction of sp³-hybridized carbons (Fsp3) is 0.261. The third kappa shape index (κ3) is 5.16. The summed E-state index contributed by atoms with van der Waals surface area (Å²) in [7, 11) is 0. The van der Waals surface area contributed by atoms with Gasteiger partial charge in [-0.05, 0) is 37.6 Å². The molecule has 2 aromatic carbocycles. The van der Waals surface area contributed by atoms with Crippen molar-refractivity contribution >= 4 is 34.0 Å². The minimum absolute atomic E-state index is 0.0513. The van der Waals surface area contributed by atoms with Gasteiger partial charge >= 0.3 is 12.1 Å². The van der Waals surface area contributed by atoms with Gasteiger partial charge in [-0.1, -0.05) is 36.4 Å². The van der Waals surface area contributed by atoms with E-state index in [0.29, 0.717) is 5.69 Å². The first-order chi connectivity index (χ1) is 15.0. The van der Waals surface area contributed by atoms with Crippen LogP contribution in [0.5, 0.6) is 0 Å². The van der Waals surface area contributed by atoms with Gasteiger partial charge in [-0.2, -0.15) is 13.2 Å². The van der Waals surface area contributed by atoms with Crippen molar-refractivity contribution in [2.45, 2.75) is 39.0 Å². The summed E-state index contributed by atoms with van der Waals surface area (Å²) in [5, 5.41) is 1.78. The number of esters is 1. The number of hydrogen-bond donors (Lipinski definition) is 0. The first-order valence-corrected chi connectivity index (χ1v) is 10.5. The maximum absolute atomic E-state index is 13.1. The first-order valence-electron chi connectivity index (χ1n) is 9.65. The summed E-state index contributed by atoms with van der Waals surface area (Å²) in [6, 6.07) is 13.7. The highest BCUT2D eigenvalue weighted by Crippen LogP contribution is 2.35. The SMILES string of the molecule is CC(=O)N(c1cccc(C(F)(F)F)c1)c1nc(COC(=O)C(C)(C)c2ccccc2)cs1. The van der Waals surface area contributed by atoms with Gasteiger partial charge in [0.2, 0.25) is 5.91 Å². The molecule has 0 atom stereocenters. The van der Waals surface area contributed by atoms with Gasteiger partial charge in [0.1, 0.15) is 6.61 Å². The van der Waals surface area contributed by atoms with Crippen LogP contribution >= 0.6 is 11.3 Å². The molecule has 3 rings (SSSR count). The standard InChI is InChI=1S/C23H21F3N2O3S/c1-15(29)28(19-11-7-10-17(12-19)23(24,25)26)21-27-18(14-32-21)13-31-20(30)22(2,3)16-8-5-4-6-9-16/h4-12,14H,13H2,1-3H3. The number of alkyl halides is 3. The van der Waals surface area contributed by atoms with E-state index >= 15 is 0 Å². The predicted molar refractivity (Wildman–Crippen MR) is 116 cm³/mol. The third-order valence-electron chi connectivity index (χ3n) is 4.83. The number of halogens is 3. The van der Waals surface area contributed by atoms with Crippen LogP contribution in [-0.4, -0.2) is 16.9 Å². The number of thiazole rings is 1. The fourth-order valence-electron chi connectivity index (χ4n) is 3.01. The van der Waals surface area contributed by atoms with Crippen molar-refractivity contribution in [3.05, 3.63) is 76.8 Å².